The van der Waals surface area contributed by atoms with Crippen LogP contribution in [0.1, 0.15) is 6.92 Å². The molecule has 2 aromatic rings. The second-order valence-corrected chi connectivity index (χ2v) is 7.32. The van der Waals surface area contributed by atoms with E-state index in [2.05, 4.69) is 25.8 Å². The van der Waals surface area contributed by atoms with E-state index in [9.17, 15) is 4.79 Å². The second-order valence-electron chi connectivity index (χ2n) is 6.96. The van der Waals surface area contributed by atoms with Crippen molar-refractivity contribution in [2.75, 3.05) is 53.0 Å². The quantitative estimate of drug-likeness (QED) is 0.350. The molecule has 160 valence electrons. The lowest BCUT2D eigenvalue weighted by Gasteiger charge is -2.35. The van der Waals surface area contributed by atoms with E-state index in [0.29, 0.717) is 40.6 Å². The topological polar surface area (TPSA) is 101 Å². The lowest BCUT2D eigenvalue weighted by molar-refractivity contribution is -0.149. The third-order valence-corrected chi connectivity index (χ3v) is 5.15. The number of halogens is 1. The first kappa shape index (κ1) is 22.0. The molecule has 2 heterocycles. The minimum absolute atomic E-state index is 0.165. The molecular weight excluding hydrogens is 410 g/mol. The molecule has 0 bridgehead atoms. The Hall–Kier alpha value is -2.67. The molecule has 0 unspecified atom stereocenters. The van der Waals surface area contributed by atoms with Gasteiger partial charge in [0, 0.05) is 51.1 Å². The van der Waals surface area contributed by atoms with Crippen LogP contribution in [-0.4, -0.2) is 84.8 Å². The van der Waals surface area contributed by atoms with Crippen LogP contribution in [-0.2, 0) is 9.53 Å². The van der Waals surface area contributed by atoms with E-state index >= 15 is 0 Å². The van der Waals surface area contributed by atoms with Crippen LogP contribution in [0.2, 0.25) is 5.15 Å². The van der Waals surface area contributed by atoms with Gasteiger partial charge in [-0.15, -0.1) is 0 Å². The number of piperazine rings is 1. The third-order valence-electron chi connectivity index (χ3n) is 4.85. The smallest absolute Gasteiger partial charge is 0.303 e. The van der Waals surface area contributed by atoms with Crippen LogP contribution < -0.4 is 9.47 Å². The van der Waals surface area contributed by atoms with Crippen molar-refractivity contribution in [1.29, 1.82) is 5.26 Å². The van der Waals surface area contributed by atoms with Crippen molar-refractivity contribution in [1.82, 2.24) is 19.8 Å². The predicted octanol–water partition coefficient (Wildman–Crippen LogP) is 1.74. The molecule has 0 saturated carbocycles. The van der Waals surface area contributed by atoms with Gasteiger partial charge in [-0.2, -0.15) is 5.26 Å². The molecule has 1 aliphatic rings. The highest BCUT2D eigenvalue weighted by Gasteiger charge is 2.23. The van der Waals surface area contributed by atoms with Crippen molar-refractivity contribution in [3.8, 4) is 17.6 Å². The van der Waals surface area contributed by atoms with Crippen LogP contribution in [0.25, 0.3) is 10.9 Å². The number of hydrogen-bond donors (Lipinski definition) is 0. The highest BCUT2D eigenvalue weighted by molar-refractivity contribution is 6.34. The summed E-state index contributed by atoms with van der Waals surface area (Å²) in [5.74, 6) is 0.610. The number of hydrogen-bond acceptors (Lipinski definition) is 9. The Morgan fingerprint density at radius 2 is 1.97 bits per heavy atom. The number of carbonyl (C=O) groups excluding carboxylic acids is 1. The highest BCUT2D eigenvalue weighted by atomic mass is 35.5. The minimum atomic E-state index is -0.445. The zero-order valence-corrected chi connectivity index (χ0v) is 17.8. The number of methoxy groups -OCH3 is 1. The summed E-state index contributed by atoms with van der Waals surface area (Å²) in [5, 5.41) is 9.82. The molecule has 1 aromatic heterocycles. The predicted molar refractivity (Wildman–Crippen MR) is 111 cm³/mol. The van der Waals surface area contributed by atoms with Crippen molar-refractivity contribution < 1.29 is 19.0 Å². The molecule has 9 nitrogen and oxygen atoms in total. The van der Waals surface area contributed by atoms with Crippen LogP contribution in [0, 0.1) is 11.3 Å². The Morgan fingerprint density at radius 1 is 1.23 bits per heavy atom. The van der Waals surface area contributed by atoms with E-state index in [1.807, 2.05) is 0 Å². The van der Waals surface area contributed by atoms with Crippen molar-refractivity contribution in [2.45, 2.75) is 13.0 Å². The second kappa shape index (κ2) is 10.4. The summed E-state index contributed by atoms with van der Waals surface area (Å²) in [7, 11) is 1.54. The Labute approximate surface area is 180 Å². The van der Waals surface area contributed by atoms with E-state index in [1.54, 1.807) is 12.1 Å². The average molecular weight is 434 g/mol. The summed E-state index contributed by atoms with van der Waals surface area (Å²) in [6, 6.07) is 5.63. The number of ether oxygens (including phenoxy) is 3. The lowest BCUT2D eigenvalue weighted by Crippen LogP contribution is -2.49. The van der Waals surface area contributed by atoms with Crippen LogP contribution >= 0.6 is 11.6 Å². The van der Waals surface area contributed by atoms with Gasteiger partial charge in [-0.25, -0.2) is 9.97 Å². The lowest BCUT2D eigenvalue weighted by atomic mass is 10.2. The van der Waals surface area contributed by atoms with Crippen LogP contribution in [0.15, 0.2) is 18.5 Å². The molecular formula is C20H24ClN5O4. The van der Waals surface area contributed by atoms with Gasteiger partial charge in [0.25, 0.3) is 0 Å². The van der Waals surface area contributed by atoms with Crippen molar-refractivity contribution in [3.63, 3.8) is 0 Å². The van der Waals surface area contributed by atoms with Gasteiger partial charge in [-0.1, -0.05) is 11.6 Å². The van der Waals surface area contributed by atoms with Gasteiger partial charge in [0.15, 0.2) is 11.5 Å². The number of benzene rings is 1. The molecule has 1 aromatic carbocycles. The Balaban J connectivity index is 1.67. The van der Waals surface area contributed by atoms with Crippen molar-refractivity contribution in [3.05, 3.63) is 23.6 Å². The fourth-order valence-electron chi connectivity index (χ4n) is 3.36. The van der Waals surface area contributed by atoms with E-state index in [-0.39, 0.29) is 12.6 Å². The first-order valence-corrected chi connectivity index (χ1v) is 9.98. The zero-order valence-electron chi connectivity index (χ0n) is 17.0. The number of rotatable bonds is 8. The largest absolute Gasteiger partial charge is 0.493 e. The molecule has 1 aliphatic heterocycles. The summed E-state index contributed by atoms with van der Waals surface area (Å²) in [6.07, 6.45) is 0.938. The van der Waals surface area contributed by atoms with E-state index in [1.165, 1.54) is 20.4 Å². The summed E-state index contributed by atoms with van der Waals surface area (Å²) < 4.78 is 16.8. The number of aromatic nitrogens is 2. The standard InChI is InChI=1S/C20H24ClN5O4/c1-14(27)30-15(11-26-7-5-25(4-3-22)6-8-26)12-29-19-10-17-16(9-18(19)28-2)20(21)24-13-23-17/h9-10,13,15H,4-8,11-12H2,1-2H3/t15-/m1/s1. The number of esters is 1. The molecule has 0 radical (unpaired) electrons. The van der Waals surface area contributed by atoms with Crippen molar-refractivity contribution >= 4 is 28.5 Å². The number of fused-ring (bicyclic) bond motifs is 1. The SMILES string of the molecule is COc1cc2c(Cl)ncnc2cc1OC[C@@H](CN1CCN(CC#N)CC1)OC(C)=O. The molecule has 30 heavy (non-hydrogen) atoms. The average Bonchev–Trinajstić information content (AvgIpc) is 2.73. The summed E-state index contributed by atoms with van der Waals surface area (Å²) in [4.78, 5) is 24.1. The normalized spacial score (nSPS) is 16.1. The van der Waals surface area contributed by atoms with Crippen LogP contribution in [0.5, 0.6) is 11.5 Å². The third kappa shape index (κ3) is 5.69. The summed E-state index contributed by atoms with van der Waals surface area (Å²) in [6.45, 7) is 5.73. The molecule has 1 saturated heterocycles. The van der Waals surface area contributed by atoms with E-state index in [4.69, 9.17) is 31.1 Å². The van der Waals surface area contributed by atoms with Gasteiger partial charge in [-0.3, -0.25) is 14.6 Å². The summed E-state index contributed by atoms with van der Waals surface area (Å²) in [5.41, 5.74) is 0.628. The van der Waals surface area contributed by atoms with Crippen LogP contribution in [0.3, 0.4) is 0 Å². The first-order chi connectivity index (χ1) is 14.5. The molecule has 1 atom stereocenters. The number of nitriles is 1. The molecule has 0 N–H and O–H groups in total. The molecule has 10 heteroatoms. The highest BCUT2D eigenvalue weighted by Crippen LogP contribution is 2.33. The molecule has 0 aliphatic carbocycles. The molecule has 3 rings (SSSR count). The number of nitrogens with zero attached hydrogens (tertiary/aromatic N) is 5. The minimum Gasteiger partial charge on any atom is -0.493 e. The zero-order chi connectivity index (χ0) is 21.5. The first-order valence-electron chi connectivity index (χ1n) is 9.60. The van der Waals surface area contributed by atoms with Gasteiger partial charge >= 0.3 is 5.97 Å². The van der Waals surface area contributed by atoms with Crippen LogP contribution in [0.4, 0.5) is 0 Å². The van der Waals surface area contributed by atoms with Gasteiger partial charge < -0.3 is 14.2 Å². The monoisotopic (exact) mass is 433 g/mol. The fourth-order valence-corrected chi connectivity index (χ4v) is 3.56. The van der Waals surface area contributed by atoms with Gasteiger partial charge in [0.1, 0.15) is 24.2 Å². The maximum Gasteiger partial charge on any atom is 0.303 e. The molecule has 0 spiro atoms. The summed E-state index contributed by atoms with van der Waals surface area (Å²) >= 11 is 6.13. The van der Waals surface area contributed by atoms with Crippen molar-refractivity contribution in [2.24, 2.45) is 0 Å². The van der Waals surface area contributed by atoms with Gasteiger partial charge in [0.05, 0.1) is 25.2 Å². The van der Waals surface area contributed by atoms with E-state index < -0.39 is 6.10 Å². The van der Waals surface area contributed by atoms with Gasteiger partial charge in [-0.05, 0) is 6.07 Å². The van der Waals surface area contributed by atoms with Gasteiger partial charge in [0.2, 0.25) is 0 Å². The molecule has 0 amide bonds. The molecule has 1 fully saturated rings. The maximum absolute atomic E-state index is 11.6. The maximum atomic E-state index is 11.6. The Bertz CT molecular complexity index is 927. The Morgan fingerprint density at radius 3 is 2.63 bits per heavy atom. The van der Waals surface area contributed by atoms with E-state index in [0.717, 1.165) is 26.2 Å². The fraction of sp³-hybridized carbons (Fsp3) is 0.500. The number of carbonyl (C=O) groups is 1. The Kier molecular flexibility index (Phi) is 7.63.